The van der Waals surface area contributed by atoms with E-state index in [9.17, 15) is 0 Å². The standard InChI is InChI=1S/C4H5N.C4H4O.C4H4S.2C3H4N2.2C3H3NO.2C3H3NS.C2H2N2O.20C2H6/c3*1-2-4-5-3-1;1-2-5-3-4-1;1-2-4-5-3-1;1-2-5-3-4-1;1-2-4-5-3-1;1-2-5-3-4-1;1-2-4-5-3-1;1-3-2-5-4-1;20*1-2/h1-5H;2*1-4H;2*1-3H,(H,4,5);4*1-3H;1-2H;20*1-2H3. The van der Waals surface area contributed by atoms with E-state index in [2.05, 4.69) is 72.7 Å². The zero-order valence-corrected chi connectivity index (χ0v) is 68.9. The first kappa shape index (κ1) is 141. The van der Waals surface area contributed by atoms with Crippen molar-refractivity contribution < 1.29 is 17.9 Å². The molecule has 0 amide bonds. The fraction of sp³-hybridized carbons (Fsp3) is 0.556. The van der Waals surface area contributed by atoms with Crippen LogP contribution < -0.4 is 0 Å². The quantitative estimate of drug-likeness (QED) is 0.130. The highest BCUT2D eigenvalue weighted by Crippen LogP contribution is 1.91. The van der Waals surface area contributed by atoms with E-state index in [4.69, 9.17) is 0 Å². The number of aromatic amines is 3. The molecular weight excluding hydrogens is 1180 g/mol. The first-order valence-corrected chi connectivity index (χ1v) is 36.6. The van der Waals surface area contributed by atoms with Gasteiger partial charge in [-0.25, -0.2) is 19.3 Å². The molecule has 0 spiro atoms. The van der Waals surface area contributed by atoms with Gasteiger partial charge in [-0.05, 0) is 64.8 Å². The maximum absolute atomic E-state index is 4.58. The summed E-state index contributed by atoms with van der Waals surface area (Å²) in [4.78, 5) is 20.0. The van der Waals surface area contributed by atoms with Gasteiger partial charge in [-0.15, -0.1) is 11.3 Å². The van der Waals surface area contributed by atoms with Gasteiger partial charge in [0.05, 0.1) is 36.8 Å². The molecule has 18 heteroatoms. The molecule has 10 heterocycles. The summed E-state index contributed by atoms with van der Waals surface area (Å²) in [6.07, 6.45) is 29.2. The Morgan fingerprint density at radius 3 is 0.889 bits per heavy atom. The van der Waals surface area contributed by atoms with Gasteiger partial charge in [-0.3, -0.25) is 10.1 Å². The number of thiophene rings is 1. The van der Waals surface area contributed by atoms with Crippen LogP contribution in [-0.2, 0) is 0 Å². The van der Waals surface area contributed by atoms with Crippen molar-refractivity contribution in [3.8, 4) is 0 Å². The Morgan fingerprint density at radius 1 is 0.289 bits per heavy atom. The maximum Gasteiger partial charge on any atom is 0.213 e. The SMILES string of the molecule is CC.CC.CC.CC.CC.CC.CC.CC.CC.CC.CC.CC.CC.CC.CC.CC.CC.CC.CC.CC.c1c[nH]cn1.c1cc[nH]c1.c1ccoc1.c1ccsc1.c1cn[nH]c1.c1cnoc1.c1cnsc1.c1cocn1.c1cscn1.c1ncon1. The summed E-state index contributed by atoms with van der Waals surface area (Å²) in [5, 5.41) is 20.7. The van der Waals surface area contributed by atoms with E-state index in [1.165, 1.54) is 43.2 Å². The molecule has 0 aliphatic carbocycles. The number of nitrogens with zero attached hydrogens (tertiary/aromatic N) is 8. The zero-order chi connectivity index (χ0) is 75.4. The molecule has 0 aliphatic rings. The molecule has 90 heavy (non-hydrogen) atoms. The van der Waals surface area contributed by atoms with Crippen molar-refractivity contribution in [2.75, 3.05) is 0 Å². The second kappa shape index (κ2) is 290. The fourth-order valence-electron chi connectivity index (χ4n) is 2.00. The van der Waals surface area contributed by atoms with Gasteiger partial charge in [0.15, 0.2) is 12.7 Å². The molecule has 0 fully saturated rings. The molecule has 3 N–H and O–H groups in total. The summed E-state index contributed by atoms with van der Waals surface area (Å²) >= 11 is 4.78. The Labute approximate surface area is 574 Å². The van der Waals surface area contributed by atoms with Gasteiger partial charge >= 0.3 is 0 Å². The van der Waals surface area contributed by atoms with Crippen molar-refractivity contribution in [2.45, 2.75) is 277 Å². The normalized spacial score (nSPS) is 5.78. The number of hydrogen-bond acceptors (Lipinski definition) is 15. The van der Waals surface area contributed by atoms with Crippen molar-refractivity contribution in [1.82, 2.24) is 54.8 Å². The van der Waals surface area contributed by atoms with Crippen LogP contribution in [0.2, 0.25) is 0 Å². The largest absolute Gasteiger partial charge is 0.473 e. The number of oxazole rings is 1. The number of aromatic nitrogens is 11. The number of nitrogens with one attached hydrogen (secondary N) is 3. The van der Waals surface area contributed by atoms with Gasteiger partial charge in [0, 0.05) is 60.3 Å². The number of H-pyrrole nitrogens is 3. The minimum absolute atomic E-state index is 1.26. The average Bonchev–Trinajstić information content (AvgIpc) is 4.52. The number of imidazole rings is 1. The van der Waals surface area contributed by atoms with Gasteiger partial charge in [0.1, 0.15) is 12.5 Å². The lowest BCUT2D eigenvalue weighted by Gasteiger charge is -1.50. The summed E-state index contributed by atoms with van der Waals surface area (Å²) in [6, 6.07) is 17.1. The zero-order valence-electron chi connectivity index (χ0n) is 66.4. The fourth-order valence-corrected chi connectivity index (χ4v) is 3.16. The van der Waals surface area contributed by atoms with Crippen molar-refractivity contribution in [3.63, 3.8) is 0 Å². The van der Waals surface area contributed by atoms with E-state index in [-0.39, 0.29) is 0 Å². The molecule has 15 nitrogen and oxygen atoms in total. The molecular formula is C72H155N11O4S3. The Hall–Kier alpha value is -6.50. The molecule has 0 bridgehead atoms. The van der Waals surface area contributed by atoms with Gasteiger partial charge < -0.3 is 27.8 Å². The number of thiazole rings is 1. The molecule has 10 rings (SSSR count). The molecule has 0 unspecified atom stereocenters. The molecule has 0 aliphatic heterocycles. The third-order valence-electron chi connectivity index (χ3n) is 3.83. The van der Waals surface area contributed by atoms with Crippen LogP contribution in [0.4, 0.5) is 0 Å². The highest BCUT2D eigenvalue weighted by Gasteiger charge is 1.63. The monoisotopic (exact) mass is 1330 g/mol. The Morgan fingerprint density at radius 2 is 0.778 bits per heavy atom. The van der Waals surface area contributed by atoms with Crippen LogP contribution in [0.15, 0.2) is 212 Å². The lowest BCUT2D eigenvalue weighted by Crippen LogP contribution is -1.53. The third kappa shape index (κ3) is 279. The predicted molar refractivity (Wildman–Crippen MR) is 419 cm³/mol. The van der Waals surface area contributed by atoms with Crippen LogP contribution in [0.3, 0.4) is 0 Å². The Kier molecular flexibility index (Phi) is 454. The topological polar surface area (TPSA) is 203 Å². The lowest BCUT2D eigenvalue weighted by atomic mass is 10.7. The highest BCUT2D eigenvalue weighted by atomic mass is 32.1. The van der Waals surface area contributed by atoms with Crippen LogP contribution >= 0.6 is 34.2 Å². The van der Waals surface area contributed by atoms with E-state index >= 15 is 0 Å². The van der Waals surface area contributed by atoms with Crippen LogP contribution in [0.5, 0.6) is 0 Å². The number of rotatable bonds is 0. The van der Waals surface area contributed by atoms with E-state index in [0.29, 0.717) is 0 Å². The third-order valence-corrected chi connectivity index (χ3v) is 5.50. The molecule has 0 saturated carbocycles. The number of furan rings is 1. The smallest absolute Gasteiger partial charge is 0.213 e. The van der Waals surface area contributed by atoms with Crippen molar-refractivity contribution in [1.29, 1.82) is 0 Å². The van der Waals surface area contributed by atoms with Gasteiger partial charge in [0.2, 0.25) is 6.39 Å². The molecule has 0 saturated heterocycles. The average molecular weight is 1340 g/mol. The summed E-state index contributed by atoms with van der Waals surface area (Å²) < 4.78 is 21.4. The van der Waals surface area contributed by atoms with Crippen molar-refractivity contribution in [2.24, 2.45) is 0 Å². The first-order valence-electron chi connectivity index (χ1n) is 33.9. The van der Waals surface area contributed by atoms with Crippen molar-refractivity contribution >= 4 is 34.2 Å². The lowest BCUT2D eigenvalue weighted by molar-refractivity contribution is 0.416. The minimum Gasteiger partial charge on any atom is -0.473 e. The predicted octanol–water partition coefficient (Wildman–Crippen LogP) is 29.1. The summed E-state index contributed by atoms with van der Waals surface area (Å²) in [7, 11) is 0. The van der Waals surface area contributed by atoms with Gasteiger partial charge in [-0.1, -0.05) is 299 Å². The molecule has 0 radical (unpaired) electrons. The van der Waals surface area contributed by atoms with E-state index in [1.807, 2.05) is 359 Å². The Bertz CT molecular complexity index is 1090. The molecule has 0 atom stereocenters. The van der Waals surface area contributed by atoms with Crippen molar-refractivity contribution in [3.05, 3.63) is 194 Å². The summed E-state index contributed by atoms with van der Waals surface area (Å²) in [5.41, 5.74) is 1.79. The Balaban J connectivity index is -0.0000000317. The number of hydrogen-bond donors (Lipinski definition) is 3. The molecule has 10 aromatic heterocycles. The van der Waals surface area contributed by atoms with Crippen LogP contribution in [0.25, 0.3) is 0 Å². The van der Waals surface area contributed by atoms with Gasteiger partial charge in [-0.2, -0.15) is 16.4 Å². The summed E-state index contributed by atoms with van der Waals surface area (Å²) in [6.45, 7) is 80.0. The maximum atomic E-state index is 4.58. The summed E-state index contributed by atoms with van der Waals surface area (Å²) in [5.74, 6) is 0. The minimum atomic E-state index is 1.26. The van der Waals surface area contributed by atoms with E-state index in [0.717, 1.165) is 0 Å². The van der Waals surface area contributed by atoms with E-state index in [1.54, 1.807) is 103 Å². The molecule has 540 valence electrons. The van der Waals surface area contributed by atoms with Crippen LogP contribution in [0.1, 0.15) is 277 Å². The first-order chi connectivity index (χ1) is 45.0. The molecule has 0 aromatic carbocycles. The highest BCUT2D eigenvalue weighted by molar-refractivity contribution is 7.07. The van der Waals surface area contributed by atoms with Gasteiger partial charge in [0.25, 0.3) is 0 Å². The van der Waals surface area contributed by atoms with Crippen LogP contribution in [0, 0.1) is 0 Å². The van der Waals surface area contributed by atoms with Crippen LogP contribution in [-0.4, -0.2) is 54.8 Å². The molecule has 10 aromatic rings. The second-order valence-electron chi connectivity index (χ2n) is 7.31. The second-order valence-corrected chi connectivity index (χ2v) is 9.57. The van der Waals surface area contributed by atoms with E-state index < -0.39 is 0 Å².